The second-order valence-electron chi connectivity index (χ2n) is 10.3. The molecule has 0 fully saturated rings. The van der Waals surface area contributed by atoms with E-state index in [2.05, 4.69) is 34.7 Å². The van der Waals surface area contributed by atoms with E-state index < -0.39 is 5.41 Å². The van der Waals surface area contributed by atoms with E-state index in [0.29, 0.717) is 31.0 Å². The van der Waals surface area contributed by atoms with Gasteiger partial charge in [-0.1, -0.05) is 38.1 Å². The molecule has 2 aliphatic heterocycles. The Morgan fingerprint density at radius 2 is 1.74 bits per heavy atom. The third-order valence-corrected chi connectivity index (χ3v) is 7.72. The summed E-state index contributed by atoms with van der Waals surface area (Å²) < 4.78 is 0. The van der Waals surface area contributed by atoms with Crippen molar-refractivity contribution in [3.8, 4) is 0 Å². The Kier molecular flexibility index (Phi) is 6.46. The Hall–Kier alpha value is -4.14. The molecule has 9 nitrogen and oxygen atoms in total. The third-order valence-electron chi connectivity index (χ3n) is 7.72. The summed E-state index contributed by atoms with van der Waals surface area (Å²) in [6, 6.07) is 11.3. The topological polar surface area (TPSA) is 110 Å². The highest BCUT2D eigenvalue weighted by atomic mass is 16.2. The summed E-state index contributed by atoms with van der Waals surface area (Å²) in [5, 5.41) is 13.3. The van der Waals surface area contributed by atoms with E-state index in [4.69, 9.17) is 0 Å². The SMILES string of the molecule is CCc1cccc(CC)c1NC(=O)N1Cc2[nH]nc(NC(=O)c3ccc4c(c3)N(CC)C(=O)C4(C)C)c2C1. The summed E-state index contributed by atoms with van der Waals surface area (Å²) in [6.07, 6.45) is 1.65. The average Bonchev–Trinajstić information content (AvgIpc) is 3.55. The number of aromatic nitrogens is 2. The first-order valence-corrected chi connectivity index (χ1v) is 13.2. The number of hydrogen-bond acceptors (Lipinski definition) is 4. The van der Waals surface area contributed by atoms with Gasteiger partial charge in [0.1, 0.15) is 0 Å². The molecule has 3 aromatic rings. The summed E-state index contributed by atoms with van der Waals surface area (Å²) in [7, 11) is 0. The fourth-order valence-corrected chi connectivity index (χ4v) is 5.46. The number of nitrogens with zero attached hydrogens (tertiary/aromatic N) is 3. The summed E-state index contributed by atoms with van der Waals surface area (Å²) in [6.45, 7) is 11.1. The molecule has 0 radical (unpaired) electrons. The van der Waals surface area contributed by atoms with Crippen LogP contribution in [0.1, 0.15) is 72.9 Å². The maximum absolute atomic E-state index is 13.2. The fourth-order valence-electron chi connectivity index (χ4n) is 5.46. The molecular formula is C29H34N6O3. The van der Waals surface area contributed by atoms with Crippen molar-refractivity contribution < 1.29 is 14.4 Å². The molecule has 0 saturated heterocycles. The number of amides is 4. The van der Waals surface area contributed by atoms with E-state index in [1.54, 1.807) is 21.9 Å². The van der Waals surface area contributed by atoms with Crippen molar-refractivity contribution in [1.29, 1.82) is 0 Å². The number of hydrogen-bond donors (Lipinski definition) is 3. The zero-order valence-electron chi connectivity index (χ0n) is 22.6. The van der Waals surface area contributed by atoms with Gasteiger partial charge in [0.25, 0.3) is 5.91 Å². The van der Waals surface area contributed by atoms with Crippen LogP contribution in [-0.4, -0.2) is 39.5 Å². The molecule has 2 aromatic carbocycles. The number of rotatable bonds is 6. The smallest absolute Gasteiger partial charge is 0.314 e. The third kappa shape index (κ3) is 4.12. The van der Waals surface area contributed by atoms with Crippen molar-refractivity contribution in [3.05, 3.63) is 69.9 Å². The number of carbonyl (C=O) groups excluding carboxylic acids is 3. The van der Waals surface area contributed by atoms with E-state index >= 15 is 0 Å². The minimum Gasteiger partial charge on any atom is -0.314 e. The van der Waals surface area contributed by atoms with Gasteiger partial charge in [0.15, 0.2) is 5.82 Å². The van der Waals surface area contributed by atoms with Crippen LogP contribution in [0.25, 0.3) is 0 Å². The Bertz CT molecular complexity index is 1420. The van der Waals surface area contributed by atoms with Crippen LogP contribution in [-0.2, 0) is 36.1 Å². The van der Waals surface area contributed by atoms with Crippen molar-refractivity contribution in [1.82, 2.24) is 15.1 Å². The normalized spacial score (nSPS) is 15.4. The molecule has 0 spiro atoms. The Morgan fingerprint density at radius 3 is 2.39 bits per heavy atom. The number of fused-ring (bicyclic) bond motifs is 2. The molecule has 1 aromatic heterocycles. The minimum absolute atomic E-state index is 0.0312. The average molecular weight is 515 g/mol. The summed E-state index contributed by atoms with van der Waals surface area (Å²) in [5.74, 6) is 0.124. The van der Waals surface area contributed by atoms with E-state index in [9.17, 15) is 14.4 Å². The predicted molar refractivity (Wildman–Crippen MR) is 147 cm³/mol. The number of aromatic amines is 1. The minimum atomic E-state index is -0.622. The lowest BCUT2D eigenvalue weighted by Gasteiger charge is -2.20. The molecule has 3 N–H and O–H groups in total. The summed E-state index contributed by atoms with van der Waals surface area (Å²) in [4.78, 5) is 42.6. The molecule has 0 aliphatic carbocycles. The standard InChI is InChI=1S/C29H34N6O3/c1-6-17-10-9-11-18(7-2)24(17)30-28(38)34-15-20-22(16-34)32-33-25(20)31-26(36)19-12-13-21-23(14-19)35(8-3)27(37)29(21,4)5/h9-14H,6-8,15-16H2,1-5H3,(H,30,38)(H2,31,32,33,36). The van der Waals surface area contributed by atoms with E-state index in [0.717, 1.165) is 52.2 Å². The molecule has 0 saturated carbocycles. The number of H-pyrrole nitrogens is 1. The van der Waals surface area contributed by atoms with Gasteiger partial charge in [-0.2, -0.15) is 5.10 Å². The fraction of sp³-hybridized carbons (Fsp3) is 0.379. The molecule has 198 valence electrons. The van der Waals surface area contributed by atoms with Crippen LogP contribution < -0.4 is 15.5 Å². The number of carbonyl (C=O) groups is 3. The number of para-hydroxylation sites is 1. The van der Waals surface area contributed by atoms with Crippen LogP contribution in [0, 0.1) is 0 Å². The molecule has 4 amide bonds. The molecule has 0 atom stereocenters. The van der Waals surface area contributed by atoms with Crippen LogP contribution in [0.4, 0.5) is 22.0 Å². The van der Waals surface area contributed by atoms with E-state index in [-0.39, 0.29) is 17.8 Å². The van der Waals surface area contributed by atoms with Gasteiger partial charge in [-0.05, 0) is 62.4 Å². The van der Waals surface area contributed by atoms with Gasteiger partial charge < -0.3 is 20.4 Å². The molecule has 0 unspecified atom stereocenters. The number of anilines is 3. The number of likely N-dealkylation sites (N-methyl/N-ethyl adjacent to an activating group) is 1. The van der Waals surface area contributed by atoms with Crippen LogP contribution in [0.2, 0.25) is 0 Å². The lowest BCUT2D eigenvalue weighted by atomic mass is 9.86. The zero-order chi connectivity index (χ0) is 27.2. The Labute approximate surface area is 222 Å². The van der Waals surface area contributed by atoms with Crippen LogP contribution in [0.5, 0.6) is 0 Å². The lowest BCUT2D eigenvalue weighted by molar-refractivity contribution is -0.122. The molecule has 0 bridgehead atoms. The highest BCUT2D eigenvalue weighted by Crippen LogP contribution is 2.42. The first-order chi connectivity index (χ1) is 18.2. The van der Waals surface area contributed by atoms with Crippen molar-refractivity contribution >= 4 is 35.0 Å². The monoisotopic (exact) mass is 514 g/mol. The first-order valence-electron chi connectivity index (χ1n) is 13.2. The van der Waals surface area contributed by atoms with Crippen molar-refractivity contribution in [3.63, 3.8) is 0 Å². The van der Waals surface area contributed by atoms with Crippen molar-refractivity contribution in [2.75, 3.05) is 22.1 Å². The highest BCUT2D eigenvalue weighted by molar-refractivity contribution is 6.10. The molecular weight excluding hydrogens is 480 g/mol. The molecule has 5 rings (SSSR count). The maximum Gasteiger partial charge on any atom is 0.322 e. The number of urea groups is 1. The number of benzene rings is 2. The summed E-state index contributed by atoms with van der Waals surface area (Å²) >= 11 is 0. The van der Waals surface area contributed by atoms with E-state index in [1.807, 2.05) is 45.0 Å². The van der Waals surface area contributed by atoms with Gasteiger partial charge in [0.2, 0.25) is 5.91 Å². The van der Waals surface area contributed by atoms with Crippen LogP contribution in [0.15, 0.2) is 36.4 Å². The quantitative estimate of drug-likeness (QED) is 0.431. The number of aryl methyl sites for hydroxylation is 2. The number of nitrogens with one attached hydrogen (secondary N) is 3. The van der Waals surface area contributed by atoms with Gasteiger partial charge in [-0.25, -0.2) is 4.79 Å². The van der Waals surface area contributed by atoms with Gasteiger partial charge in [-0.3, -0.25) is 14.7 Å². The predicted octanol–water partition coefficient (Wildman–Crippen LogP) is 4.98. The summed E-state index contributed by atoms with van der Waals surface area (Å²) in [5.41, 5.74) is 6.18. The first kappa shape index (κ1) is 25.5. The van der Waals surface area contributed by atoms with E-state index in [1.165, 1.54) is 0 Å². The highest BCUT2D eigenvalue weighted by Gasteiger charge is 2.43. The van der Waals surface area contributed by atoms with Gasteiger partial charge >= 0.3 is 6.03 Å². The molecule has 9 heteroatoms. The molecule has 3 heterocycles. The second-order valence-corrected chi connectivity index (χ2v) is 10.3. The Morgan fingerprint density at radius 1 is 1.03 bits per heavy atom. The maximum atomic E-state index is 13.2. The van der Waals surface area contributed by atoms with Crippen LogP contribution >= 0.6 is 0 Å². The van der Waals surface area contributed by atoms with Gasteiger partial charge in [0.05, 0.1) is 24.2 Å². The van der Waals surface area contributed by atoms with Gasteiger partial charge in [-0.15, -0.1) is 0 Å². The second kappa shape index (κ2) is 9.63. The zero-order valence-corrected chi connectivity index (χ0v) is 22.6. The Balaban J connectivity index is 1.31. The van der Waals surface area contributed by atoms with Crippen LogP contribution in [0.3, 0.4) is 0 Å². The lowest BCUT2D eigenvalue weighted by Crippen LogP contribution is -2.35. The molecule has 38 heavy (non-hydrogen) atoms. The van der Waals surface area contributed by atoms with Crippen molar-refractivity contribution in [2.45, 2.75) is 66.0 Å². The molecule has 2 aliphatic rings. The van der Waals surface area contributed by atoms with Gasteiger partial charge in [0, 0.05) is 29.0 Å². The largest absolute Gasteiger partial charge is 0.322 e. The van der Waals surface area contributed by atoms with Crippen molar-refractivity contribution in [2.24, 2.45) is 0 Å².